The predicted octanol–water partition coefficient (Wildman–Crippen LogP) is 1.24. The summed E-state index contributed by atoms with van der Waals surface area (Å²) in [6.07, 6.45) is 6.71. The zero-order valence-corrected chi connectivity index (χ0v) is 9.87. The molecule has 2 heterocycles. The Bertz CT molecular complexity index is 168. The average molecular weight is 212 g/mol. The molecule has 0 spiro atoms. The molecule has 0 aromatic heterocycles. The summed E-state index contributed by atoms with van der Waals surface area (Å²) in [7, 11) is 2.06. The number of hydrogen-bond acceptors (Lipinski definition) is 3. The second-order valence-corrected chi connectivity index (χ2v) is 4.82. The van der Waals surface area contributed by atoms with Crippen molar-refractivity contribution in [2.75, 3.05) is 33.4 Å². The number of nitrogens with zero attached hydrogens (tertiary/aromatic N) is 1. The normalized spacial score (nSPS) is 34.2. The predicted molar refractivity (Wildman–Crippen MR) is 62.1 cm³/mol. The number of nitrogens with one attached hydrogen (secondary N) is 1. The van der Waals surface area contributed by atoms with Crippen molar-refractivity contribution in [1.82, 2.24) is 10.2 Å². The van der Waals surface area contributed by atoms with Crippen molar-refractivity contribution in [2.24, 2.45) is 0 Å². The largest absolute Gasteiger partial charge is 0.380 e. The van der Waals surface area contributed by atoms with Gasteiger partial charge in [-0.2, -0.15) is 0 Å². The van der Waals surface area contributed by atoms with Gasteiger partial charge < -0.3 is 10.1 Å². The van der Waals surface area contributed by atoms with E-state index >= 15 is 0 Å². The van der Waals surface area contributed by atoms with E-state index in [1.54, 1.807) is 0 Å². The summed E-state index contributed by atoms with van der Waals surface area (Å²) in [6, 6.07) is 1.44. The molecule has 0 aromatic carbocycles. The number of likely N-dealkylation sites (N-methyl/N-ethyl adjacent to an activating group) is 1. The molecule has 88 valence electrons. The van der Waals surface area contributed by atoms with Crippen LogP contribution in [0.4, 0.5) is 0 Å². The van der Waals surface area contributed by atoms with E-state index in [0.717, 1.165) is 25.8 Å². The van der Waals surface area contributed by atoms with Gasteiger partial charge in [0.25, 0.3) is 0 Å². The zero-order chi connectivity index (χ0) is 10.5. The third kappa shape index (κ3) is 2.92. The monoisotopic (exact) mass is 212 g/mol. The van der Waals surface area contributed by atoms with Crippen LogP contribution in [0.5, 0.6) is 0 Å². The van der Waals surface area contributed by atoms with Gasteiger partial charge in [0, 0.05) is 25.2 Å². The lowest BCUT2D eigenvalue weighted by atomic mass is 9.97. The number of likely N-dealkylation sites (tertiary alicyclic amines) is 1. The lowest BCUT2D eigenvalue weighted by Crippen LogP contribution is -2.52. The Hall–Kier alpha value is -0.120. The van der Waals surface area contributed by atoms with Crippen molar-refractivity contribution >= 4 is 0 Å². The SMILES string of the molecule is CNCC1CCCCN1C1CCCOC1. The molecule has 2 rings (SSSR count). The maximum atomic E-state index is 5.60. The van der Waals surface area contributed by atoms with Gasteiger partial charge in [-0.3, -0.25) is 4.90 Å². The molecule has 2 fully saturated rings. The minimum Gasteiger partial charge on any atom is -0.380 e. The number of hydrogen-bond donors (Lipinski definition) is 1. The van der Waals surface area contributed by atoms with Gasteiger partial charge in [-0.05, 0) is 39.3 Å². The first kappa shape index (κ1) is 11.4. The molecule has 2 atom stereocenters. The molecule has 0 aliphatic carbocycles. The lowest BCUT2D eigenvalue weighted by molar-refractivity contribution is -0.0108. The Labute approximate surface area is 93.2 Å². The third-order valence-electron chi connectivity index (χ3n) is 3.72. The van der Waals surface area contributed by atoms with E-state index < -0.39 is 0 Å². The van der Waals surface area contributed by atoms with Crippen molar-refractivity contribution in [2.45, 2.75) is 44.2 Å². The van der Waals surface area contributed by atoms with Gasteiger partial charge in [-0.1, -0.05) is 6.42 Å². The van der Waals surface area contributed by atoms with Crippen molar-refractivity contribution in [3.05, 3.63) is 0 Å². The zero-order valence-electron chi connectivity index (χ0n) is 9.87. The summed E-state index contributed by atoms with van der Waals surface area (Å²) >= 11 is 0. The average Bonchev–Trinajstić information content (AvgIpc) is 2.31. The van der Waals surface area contributed by atoms with Crippen LogP contribution in [0.3, 0.4) is 0 Å². The maximum Gasteiger partial charge on any atom is 0.0621 e. The second kappa shape index (κ2) is 5.83. The molecule has 0 amide bonds. The molecule has 1 N–H and O–H groups in total. The van der Waals surface area contributed by atoms with Crippen LogP contribution in [0.15, 0.2) is 0 Å². The van der Waals surface area contributed by atoms with Gasteiger partial charge in [-0.15, -0.1) is 0 Å². The molecule has 2 aliphatic heterocycles. The van der Waals surface area contributed by atoms with Gasteiger partial charge in [0.2, 0.25) is 0 Å². The standard InChI is InChI=1S/C12H24N2O/c1-13-9-11-5-2-3-7-14(11)12-6-4-8-15-10-12/h11-13H,2-10H2,1H3. The number of ether oxygens (including phenoxy) is 1. The van der Waals surface area contributed by atoms with Crippen LogP contribution < -0.4 is 5.32 Å². The van der Waals surface area contributed by atoms with E-state index in [0.29, 0.717) is 6.04 Å². The molecule has 2 aliphatic rings. The fourth-order valence-electron chi connectivity index (χ4n) is 2.94. The number of rotatable bonds is 3. The Balaban J connectivity index is 1.90. The summed E-state index contributed by atoms with van der Waals surface area (Å²) in [5, 5.41) is 3.32. The Morgan fingerprint density at radius 3 is 2.93 bits per heavy atom. The first-order valence-corrected chi connectivity index (χ1v) is 6.40. The molecule has 2 unspecified atom stereocenters. The van der Waals surface area contributed by atoms with Crippen LogP contribution in [-0.4, -0.2) is 50.3 Å². The fourth-order valence-corrected chi connectivity index (χ4v) is 2.94. The molecular weight excluding hydrogens is 188 g/mol. The van der Waals surface area contributed by atoms with Crippen LogP contribution in [0.25, 0.3) is 0 Å². The van der Waals surface area contributed by atoms with Gasteiger partial charge >= 0.3 is 0 Å². The lowest BCUT2D eigenvalue weighted by Gasteiger charge is -2.42. The molecule has 0 aromatic rings. The minimum absolute atomic E-state index is 0.692. The maximum absolute atomic E-state index is 5.60. The Kier molecular flexibility index (Phi) is 4.42. The van der Waals surface area contributed by atoms with Crippen molar-refractivity contribution in [1.29, 1.82) is 0 Å². The highest BCUT2D eigenvalue weighted by atomic mass is 16.5. The Morgan fingerprint density at radius 1 is 1.27 bits per heavy atom. The van der Waals surface area contributed by atoms with E-state index in [1.807, 2.05) is 0 Å². The first-order chi connectivity index (χ1) is 7.42. The van der Waals surface area contributed by atoms with Crippen LogP contribution in [0.1, 0.15) is 32.1 Å². The molecular formula is C12H24N2O. The summed E-state index contributed by atoms with van der Waals surface area (Å²) in [5.74, 6) is 0. The summed E-state index contributed by atoms with van der Waals surface area (Å²) in [5.41, 5.74) is 0. The summed E-state index contributed by atoms with van der Waals surface area (Å²) < 4.78 is 5.60. The van der Waals surface area contributed by atoms with Crippen LogP contribution >= 0.6 is 0 Å². The fraction of sp³-hybridized carbons (Fsp3) is 1.00. The van der Waals surface area contributed by atoms with E-state index in [1.165, 1.54) is 38.6 Å². The summed E-state index contributed by atoms with van der Waals surface area (Å²) in [4.78, 5) is 2.69. The smallest absolute Gasteiger partial charge is 0.0621 e. The van der Waals surface area contributed by atoms with Crippen LogP contribution in [0.2, 0.25) is 0 Å². The molecule has 15 heavy (non-hydrogen) atoms. The highest BCUT2D eigenvalue weighted by Gasteiger charge is 2.29. The molecule has 0 saturated carbocycles. The van der Waals surface area contributed by atoms with Gasteiger partial charge in [-0.25, -0.2) is 0 Å². The van der Waals surface area contributed by atoms with Crippen LogP contribution in [0, 0.1) is 0 Å². The van der Waals surface area contributed by atoms with Gasteiger partial charge in [0.15, 0.2) is 0 Å². The van der Waals surface area contributed by atoms with E-state index in [4.69, 9.17) is 4.74 Å². The molecule has 0 bridgehead atoms. The second-order valence-electron chi connectivity index (χ2n) is 4.82. The molecule has 2 saturated heterocycles. The van der Waals surface area contributed by atoms with Crippen molar-refractivity contribution in [3.63, 3.8) is 0 Å². The van der Waals surface area contributed by atoms with Crippen molar-refractivity contribution < 1.29 is 4.74 Å². The van der Waals surface area contributed by atoms with E-state index in [-0.39, 0.29) is 0 Å². The third-order valence-corrected chi connectivity index (χ3v) is 3.72. The topological polar surface area (TPSA) is 24.5 Å². The first-order valence-electron chi connectivity index (χ1n) is 6.40. The van der Waals surface area contributed by atoms with E-state index in [9.17, 15) is 0 Å². The summed E-state index contributed by atoms with van der Waals surface area (Å²) in [6.45, 7) is 4.35. The highest BCUT2D eigenvalue weighted by Crippen LogP contribution is 2.23. The molecule has 3 heteroatoms. The Morgan fingerprint density at radius 2 is 2.20 bits per heavy atom. The molecule has 0 radical (unpaired) electrons. The van der Waals surface area contributed by atoms with Crippen molar-refractivity contribution in [3.8, 4) is 0 Å². The highest BCUT2D eigenvalue weighted by molar-refractivity contribution is 4.85. The van der Waals surface area contributed by atoms with Gasteiger partial charge in [0.05, 0.1) is 6.61 Å². The molecule has 3 nitrogen and oxygen atoms in total. The van der Waals surface area contributed by atoms with Gasteiger partial charge in [0.1, 0.15) is 0 Å². The van der Waals surface area contributed by atoms with E-state index in [2.05, 4.69) is 17.3 Å². The quantitative estimate of drug-likeness (QED) is 0.762. The van der Waals surface area contributed by atoms with Crippen LogP contribution in [-0.2, 0) is 4.74 Å². The minimum atomic E-state index is 0.692. The number of piperidine rings is 1.